The first-order chi connectivity index (χ1) is 6.79. The highest BCUT2D eigenvalue weighted by Gasteiger charge is 2.06. The first-order valence-corrected chi connectivity index (χ1v) is 4.23. The summed E-state index contributed by atoms with van der Waals surface area (Å²) in [6, 6.07) is 1.77. The van der Waals surface area contributed by atoms with E-state index in [4.69, 9.17) is 10.2 Å². The summed E-state index contributed by atoms with van der Waals surface area (Å²) < 4.78 is 5.33. The van der Waals surface area contributed by atoms with E-state index in [9.17, 15) is 0 Å². The van der Waals surface area contributed by atoms with Gasteiger partial charge >= 0.3 is 0 Å². The molecule has 0 unspecified atom stereocenters. The zero-order valence-electron chi connectivity index (χ0n) is 7.77. The van der Waals surface area contributed by atoms with E-state index in [0.717, 1.165) is 11.5 Å². The molecule has 0 aliphatic rings. The van der Waals surface area contributed by atoms with Gasteiger partial charge in [-0.1, -0.05) is 0 Å². The zero-order chi connectivity index (χ0) is 9.97. The molecule has 0 spiro atoms. The minimum atomic E-state index is 0.384. The van der Waals surface area contributed by atoms with Crippen LogP contribution in [0.4, 0.5) is 0 Å². The molecule has 2 aromatic rings. The maximum Gasteiger partial charge on any atom is 0.245 e. The maximum absolute atomic E-state index is 5.46. The summed E-state index contributed by atoms with van der Waals surface area (Å²) in [5, 5.41) is 0. The van der Waals surface area contributed by atoms with Gasteiger partial charge in [0.15, 0.2) is 0 Å². The molecule has 0 aromatic carbocycles. The highest BCUT2D eigenvalue weighted by atomic mass is 16.4. The van der Waals surface area contributed by atoms with Crippen LogP contribution in [0.3, 0.4) is 0 Å². The summed E-state index contributed by atoms with van der Waals surface area (Å²) >= 11 is 0. The summed E-state index contributed by atoms with van der Waals surface area (Å²) in [5.41, 5.74) is 6.89. The summed E-state index contributed by atoms with van der Waals surface area (Å²) in [7, 11) is 0. The first kappa shape index (κ1) is 8.83. The van der Waals surface area contributed by atoms with Gasteiger partial charge in [-0.3, -0.25) is 0 Å². The molecule has 0 amide bonds. The highest BCUT2D eigenvalue weighted by molar-refractivity contribution is 5.46. The van der Waals surface area contributed by atoms with Crippen molar-refractivity contribution in [3.05, 3.63) is 30.0 Å². The van der Waals surface area contributed by atoms with Crippen LogP contribution < -0.4 is 5.73 Å². The molecular weight excluding hydrogens is 180 g/mol. The van der Waals surface area contributed by atoms with Gasteiger partial charge in [0, 0.05) is 6.54 Å². The monoisotopic (exact) mass is 190 g/mol. The number of rotatable bonds is 2. The van der Waals surface area contributed by atoms with E-state index in [1.54, 1.807) is 12.3 Å². The second-order valence-electron chi connectivity index (χ2n) is 2.87. The number of hydrogen-bond donors (Lipinski definition) is 1. The lowest BCUT2D eigenvalue weighted by atomic mass is 10.3. The van der Waals surface area contributed by atoms with Crippen LogP contribution in [0.25, 0.3) is 11.6 Å². The third-order valence-electron chi connectivity index (χ3n) is 1.77. The van der Waals surface area contributed by atoms with Gasteiger partial charge in [0.25, 0.3) is 0 Å². The Kier molecular flexibility index (Phi) is 2.24. The molecule has 0 saturated heterocycles. The molecular formula is C9H10N4O. The lowest BCUT2D eigenvalue weighted by Crippen LogP contribution is -2.00. The number of aromatic nitrogens is 3. The van der Waals surface area contributed by atoms with Crippen molar-refractivity contribution >= 4 is 0 Å². The van der Waals surface area contributed by atoms with Gasteiger partial charge in [0.2, 0.25) is 5.89 Å². The van der Waals surface area contributed by atoms with Crippen LogP contribution in [0.2, 0.25) is 0 Å². The Morgan fingerprint density at radius 3 is 2.86 bits per heavy atom. The lowest BCUT2D eigenvalue weighted by molar-refractivity contribution is 0.540. The van der Waals surface area contributed by atoms with Crippen LogP contribution in [0.15, 0.2) is 23.0 Å². The van der Waals surface area contributed by atoms with Crippen molar-refractivity contribution < 1.29 is 4.42 Å². The number of aryl methyl sites for hydroxylation is 1. The average Bonchev–Trinajstić information content (AvgIpc) is 2.65. The normalized spacial score (nSPS) is 10.4. The molecule has 0 fully saturated rings. The molecule has 0 aliphatic heterocycles. The van der Waals surface area contributed by atoms with Crippen molar-refractivity contribution in [2.24, 2.45) is 5.73 Å². The summed E-state index contributed by atoms with van der Waals surface area (Å²) in [6.45, 7) is 2.22. The molecule has 2 N–H and O–H groups in total. The maximum atomic E-state index is 5.46. The van der Waals surface area contributed by atoms with E-state index < -0.39 is 0 Å². The quantitative estimate of drug-likeness (QED) is 0.761. The summed E-state index contributed by atoms with van der Waals surface area (Å²) in [4.78, 5) is 12.1. The van der Waals surface area contributed by atoms with Gasteiger partial charge < -0.3 is 10.2 Å². The van der Waals surface area contributed by atoms with Gasteiger partial charge in [-0.05, 0) is 13.0 Å². The van der Waals surface area contributed by atoms with Crippen LogP contribution in [-0.2, 0) is 6.54 Å². The van der Waals surface area contributed by atoms with E-state index in [2.05, 4.69) is 15.0 Å². The summed E-state index contributed by atoms with van der Waals surface area (Å²) in [5.74, 6) is 1.26. The van der Waals surface area contributed by atoms with Crippen LogP contribution in [0.1, 0.15) is 11.5 Å². The van der Waals surface area contributed by atoms with Crippen LogP contribution in [0, 0.1) is 6.92 Å². The number of nitrogens with two attached hydrogens (primary N) is 1. The average molecular weight is 190 g/mol. The van der Waals surface area contributed by atoms with Crippen molar-refractivity contribution in [1.82, 2.24) is 15.0 Å². The van der Waals surface area contributed by atoms with Gasteiger partial charge in [-0.25, -0.2) is 15.0 Å². The van der Waals surface area contributed by atoms with Gasteiger partial charge in [-0.2, -0.15) is 0 Å². The topological polar surface area (TPSA) is 77.8 Å². The predicted octanol–water partition coefficient (Wildman–Crippen LogP) is 0.899. The van der Waals surface area contributed by atoms with Gasteiger partial charge in [-0.15, -0.1) is 0 Å². The Hall–Kier alpha value is -1.75. The van der Waals surface area contributed by atoms with Crippen molar-refractivity contribution in [2.45, 2.75) is 13.5 Å². The molecule has 0 saturated carbocycles. The van der Waals surface area contributed by atoms with Crippen LogP contribution in [-0.4, -0.2) is 15.0 Å². The fourth-order valence-electron chi connectivity index (χ4n) is 1.10. The molecule has 2 aromatic heterocycles. The lowest BCUT2D eigenvalue weighted by Gasteiger charge is -1.97. The number of oxazole rings is 1. The Morgan fingerprint density at radius 1 is 1.36 bits per heavy atom. The molecule has 14 heavy (non-hydrogen) atoms. The first-order valence-electron chi connectivity index (χ1n) is 4.23. The second kappa shape index (κ2) is 3.55. The highest BCUT2D eigenvalue weighted by Crippen LogP contribution is 2.15. The number of hydrogen-bond acceptors (Lipinski definition) is 5. The van der Waals surface area contributed by atoms with E-state index in [-0.39, 0.29) is 0 Å². The molecule has 5 heteroatoms. The molecule has 0 aliphatic carbocycles. The SMILES string of the molecule is Cc1cnc(-c2cc(CN)ncn2)o1. The third-order valence-corrected chi connectivity index (χ3v) is 1.77. The van der Waals surface area contributed by atoms with Crippen LogP contribution >= 0.6 is 0 Å². The summed E-state index contributed by atoms with van der Waals surface area (Å²) in [6.07, 6.45) is 3.11. The largest absolute Gasteiger partial charge is 0.440 e. The van der Waals surface area contributed by atoms with E-state index in [1.165, 1.54) is 6.33 Å². The Balaban J connectivity index is 2.41. The molecule has 2 rings (SSSR count). The van der Waals surface area contributed by atoms with Gasteiger partial charge in [0.05, 0.1) is 11.9 Å². The standard InChI is InChI=1S/C9H10N4O/c1-6-4-11-9(14-6)8-2-7(3-10)12-5-13-8/h2,4-5H,3,10H2,1H3. The molecule has 72 valence electrons. The van der Waals surface area contributed by atoms with Crippen LogP contribution in [0.5, 0.6) is 0 Å². The molecule has 0 radical (unpaired) electrons. The predicted molar refractivity (Wildman–Crippen MR) is 50.2 cm³/mol. The number of nitrogens with zero attached hydrogens (tertiary/aromatic N) is 3. The van der Waals surface area contributed by atoms with E-state index in [0.29, 0.717) is 18.1 Å². The Bertz CT molecular complexity index is 438. The van der Waals surface area contributed by atoms with Gasteiger partial charge in [0.1, 0.15) is 17.8 Å². The van der Waals surface area contributed by atoms with E-state index >= 15 is 0 Å². The van der Waals surface area contributed by atoms with Crippen molar-refractivity contribution in [3.8, 4) is 11.6 Å². The second-order valence-corrected chi connectivity index (χ2v) is 2.87. The minimum absolute atomic E-state index is 0.384. The van der Waals surface area contributed by atoms with Crippen molar-refractivity contribution in [1.29, 1.82) is 0 Å². The fraction of sp³-hybridized carbons (Fsp3) is 0.222. The smallest absolute Gasteiger partial charge is 0.245 e. The Labute approximate surface area is 81.0 Å². The Morgan fingerprint density at radius 2 is 2.21 bits per heavy atom. The fourth-order valence-corrected chi connectivity index (χ4v) is 1.10. The third kappa shape index (κ3) is 1.62. The molecule has 0 atom stereocenters. The van der Waals surface area contributed by atoms with E-state index in [1.807, 2.05) is 6.92 Å². The van der Waals surface area contributed by atoms with Crippen molar-refractivity contribution in [3.63, 3.8) is 0 Å². The molecule has 5 nitrogen and oxygen atoms in total. The zero-order valence-corrected chi connectivity index (χ0v) is 7.77. The molecule has 0 bridgehead atoms. The molecule has 2 heterocycles. The van der Waals surface area contributed by atoms with Crippen molar-refractivity contribution in [2.75, 3.05) is 0 Å². The minimum Gasteiger partial charge on any atom is -0.440 e.